The molecule has 0 unspecified atom stereocenters. The highest BCUT2D eigenvalue weighted by Crippen LogP contribution is 2.20. The van der Waals surface area contributed by atoms with Crippen LogP contribution in [-0.2, 0) is 20.7 Å². The summed E-state index contributed by atoms with van der Waals surface area (Å²) in [4.78, 5) is 25.0. The van der Waals surface area contributed by atoms with Gasteiger partial charge < -0.3 is 19.6 Å². The lowest BCUT2D eigenvalue weighted by Gasteiger charge is -2.29. The molecular formula is C18H26N2O4. The summed E-state index contributed by atoms with van der Waals surface area (Å²) in [5.74, 6) is 0.266. The fraction of sp³-hybridized carbons (Fsp3) is 0.556. The van der Waals surface area contributed by atoms with Gasteiger partial charge in [-0.2, -0.15) is 0 Å². The minimum Gasteiger partial charge on any atom is -0.483 e. The number of fused-ring (bicyclic) bond motifs is 3. The van der Waals surface area contributed by atoms with Gasteiger partial charge in [0.15, 0.2) is 0 Å². The number of hydrogen-bond acceptors (Lipinski definition) is 4. The smallest absolute Gasteiger partial charge is 0.290 e. The fourth-order valence-electron chi connectivity index (χ4n) is 3.32. The normalized spacial score (nSPS) is 23.9. The van der Waals surface area contributed by atoms with E-state index in [1.807, 2.05) is 11.9 Å². The Hall–Kier alpha value is -1.92. The highest BCUT2D eigenvalue weighted by molar-refractivity contribution is 5.79. The van der Waals surface area contributed by atoms with Gasteiger partial charge in [0.25, 0.3) is 6.47 Å². The van der Waals surface area contributed by atoms with E-state index in [4.69, 9.17) is 14.6 Å². The summed E-state index contributed by atoms with van der Waals surface area (Å²) in [6.45, 7) is 3.84. The number of ether oxygens (including phenoxy) is 1. The molecule has 3 rings (SSSR count). The highest BCUT2D eigenvalue weighted by atomic mass is 16.5. The van der Waals surface area contributed by atoms with Crippen molar-refractivity contribution in [2.24, 2.45) is 5.92 Å². The second kappa shape index (κ2) is 9.39. The Morgan fingerprint density at radius 3 is 2.67 bits per heavy atom. The number of carbonyl (C=O) groups excluding carboxylic acids is 1. The van der Waals surface area contributed by atoms with E-state index < -0.39 is 0 Å². The average Bonchev–Trinajstić information content (AvgIpc) is 2.75. The van der Waals surface area contributed by atoms with E-state index in [0.29, 0.717) is 13.2 Å². The molecule has 132 valence electrons. The van der Waals surface area contributed by atoms with Gasteiger partial charge in [-0.1, -0.05) is 30.3 Å². The number of carboxylic acid groups (broad SMARTS) is 1. The molecule has 1 N–H and O–H groups in total. The molecule has 2 aliphatic heterocycles. The topological polar surface area (TPSA) is 70.1 Å². The van der Waals surface area contributed by atoms with Crippen LogP contribution in [0.2, 0.25) is 0 Å². The van der Waals surface area contributed by atoms with Gasteiger partial charge in [0.1, 0.15) is 0 Å². The Bertz CT molecular complexity index is 523. The van der Waals surface area contributed by atoms with Gasteiger partial charge in [-0.3, -0.25) is 9.59 Å². The van der Waals surface area contributed by atoms with Crippen LogP contribution in [0.15, 0.2) is 30.3 Å². The van der Waals surface area contributed by atoms with Crippen molar-refractivity contribution in [3.8, 4) is 0 Å². The first-order valence-corrected chi connectivity index (χ1v) is 8.34. The van der Waals surface area contributed by atoms with E-state index in [2.05, 4.69) is 35.2 Å². The van der Waals surface area contributed by atoms with Crippen LogP contribution in [0.5, 0.6) is 0 Å². The van der Waals surface area contributed by atoms with Crippen LogP contribution in [0, 0.1) is 5.92 Å². The lowest BCUT2D eigenvalue weighted by molar-refractivity contribution is -0.134. The van der Waals surface area contributed by atoms with Crippen molar-refractivity contribution in [2.45, 2.75) is 18.9 Å². The summed E-state index contributed by atoms with van der Waals surface area (Å²) in [7, 11) is 1.92. The molecule has 6 nitrogen and oxygen atoms in total. The van der Waals surface area contributed by atoms with Crippen molar-refractivity contribution >= 4 is 12.4 Å². The molecule has 0 aromatic heterocycles. The van der Waals surface area contributed by atoms with E-state index >= 15 is 0 Å². The first-order chi connectivity index (χ1) is 11.7. The summed E-state index contributed by atoms with van der Waals surface area (Å²) in [5, 5.41) is 6.89. The molecule has 2 bridgehead atoms. The quantitative estimate of drug-likeness (QED) is 0.835. The zero-order valence-electron chi connectivity index (χ0n) is 14.1. The maximum absolute atomic E-state index is 12.3. The summed E-state index contributed by atoms with van der Waals surface area (Å²) in [6, 6.07) is 10.8. The lowest BCUT2D eigenvalue weighted by atomic mass is 10.1. The van der Waals surface area contributed by atoms with Crippen LogP contribution in [-0.4, -0.2) is 73.2 Å². The summed E-state index contributed by atoms with van der Waals surface area (Å²) < 4.78 is 5.64. The number of amides is 1. The van der Waals surface area contributed by atoms with Gasteiger partial charge in [-0.15, -0.1) is 0 Å². The Balaban J connectivity index is 0.000000647. The summed E-state index contributed by atoms with van der Waals surface area (Å²) in [5.41, 5.74) is 1.39. The third kappa shape index (κ3) is 5.04. The van der Waals surface area contributed by atoms with Crippen molar-refractivity contribution in [1.82, 2.24) is 9.80 Å². The minimum atomic E-state index is -0.250. The molecule has 1 aromatic rings. The van der Waals surface area contributed by atoms with Gasteiger partial charge in [-0.25, -0.2) is 0 Å². The number of aryl methyl sites for hydroxylation is 1. The third-order valence-corrected chi connectivity index (χ3v) is 4.60. The molecule has 2 atom stereocenters. The molecule has 2 heterocycles. The maximum atomic E-state index is 12.3. The predicted molar refractivity (Wildman–Crippen MR) is 90.8 cm³/mol. The molecule has 0 aliphatic carbocycles. The number of carbonyl (C=O) groups is 2. The van der Waals surface area contributed by atoms with E-state index in [-0.39, 0.29) is 24.3 Å². The second-order valence-electron chi connectivity index (χ2n) is 6.29. The fourth-order valence-corrected chi connectivity index (χ4v) is 3.32. The SMILES string of the molecule is CN1C(=O)[C@H]2COC[C@@H]1CN(CCCc1ccccc1)C2.O=CO. The maximum Gasteiger partial charge on any atom is 0.290 e. The predicted octanol–water partition coefficient (Wildman–Crippen LogP) is 1.11. The first kappa shape index (κ1) is 18.4. The molecule has 0 radical (unpaired) electrons. The van der Waals surface area contributed by atoms with Crippen molar-refractivity contribution in [2.75, 3.05) is 39.9 Å². The average molecular weight is 334 g/mol. The van der Waals surface area contributed by atoms with E-state index in [9.17, 15) is 4.79 Å². The van der Waals surface area contributed by atoms with E-state index in [1.165, 1.54) is 5.56 Å². The molecule has 24 heavy (non-hydrogen) atoms. The van der Waals surface area contributed by atoms with Crippen LogP contribution < -0.4 is 0 Å². The Labute approximate surface area is 143 Å². The summed E-state index contributed by atoms with van der Waals surface area (Å²) >= 11 is 0. The molecule has 1 aromatic carbocycles. The van der Waals surface area contributed by atoms with Gasteiger partial charge in [0, 0.05) is 20.1 Å². The van der Waals surface area contributed by atoms with Gasteiger partial charge in [-0.05, 0) is 24.9 Å². The molecule has 0 spiro atoms. The standard InChI is InChI=1S/C17H24N2O2.CH2O2/c1-18-16-11-19(10-15(17(18)20)12-21-13-16)9-5-8-14-6-3-2-4-7-14;2-1-3/h2-4,6-7,15-16H,5,8-13H2,1H3;1H,(H,2,3)/t15-,16+;/m1./s1. The zero-order chi connectivity index (χ0) is 17.4. The van der Waals surface area contributed by atoms with Crippen LogP contribution in [0.3, 0.4) is 0 Å². The number of benzene rings is 1. The zero-order valence-corrected chi connectivity index (χ0v) is 14.1. The van der Waals surface area contributed by atoms with Crippen LogP contribution in [0.4, 0.5) is 0 Å². The number of rotatable bonds is 4. The number of likely N-dealkylation sites (N-methyl/N-ethyl adjacent to an activating group) is 1. The van der Waals surface area contributed by atoms with Crippen molar-refractivity contribution in [3.05, 3.63) is 35.9 Å². The highest BCUT2D eigenvalue weighted by Gasteiger charge is 2.36. The molecule has 2 fully saturated rings. The number of hydrogen-bond donors (Lipinski definition) is 1. The molecule has 1 amide bonds. The molecule has 2 aliphatic rings. The van der Waals surface area contributed by atoms with Crippen LogP contribution in [0.1, 0.15) is 12.0 Å². The monoisotopic (exact) mass is 334 g/mol. The van der Waals surface area contributed by atoms with Gasteiger partial charge in [0.05, 0.1) is 25.2 Å². The van der Waals surface area contributed by atoms with Gasteiger partial charge >= 0.3 is 0 Å². The van der Waals surface area contributed by atoms with Gasteiger partial charge in [0.2, 0.25) is 5.91 Å². The number of nitrogens with zero attached hydrogens (tertiary/aromatic N) is 2. The van der Waals surface area contributed by atoms with E-state index in [1.54, 1.807) is 0 Å². The Morgan fingerprint density at radius 2 is 1.96 bits per heavy atom. The summed E-state index contributed by atoms with van der Waals surface area (Å²) in [6.07, 6.45) is 2.25. The van der Waals surface area contributed by atoms with Crippen LogP contribution in [0.25, 0.3) is 0 Å². The largest absolute Gasteiger partial charge is 0.483 e. The second-order valence-corrected chi connectivity index (χ2v) is 6.29. The Morgan fingerprint density at radius 1 is 1.25 bits per heavy atom. The molecule has 2 saturated heterocycles. The van der Waals surface area contributed by atoms with Crippen molar-refractivity contribution in [1.29, 1.82) is 0 Å². The molecular weight excluding hydrogens is 308 g/mol. The minimum absolute atomic E-state index is 0.0132. The molecule has 6 heteroatoms. The third-order valence-electron chi connectivity index (χ3n) is 4.60. The Kier molecular flexibility index (Phi) is 7.21. The van der Waals surface area contributed by atoms with Crippen molar-refractivity contribution < 1.29 is 19.4 Å². The lowest BCUT2D eigenvalue weighted by Crippen LogP contribution is -2.43. The van der Waals surface area contributed by atoms with Crippen LogP contribution >= 0.6 is 0 Å². The first-order valence-electron chi connectivity index (χ1n) is 8.34. The van der Waals surface area contributed by atoms with E-state index in [0.717, 1.165) is 32.5 Å². The van der Waals surface area contributed by atoms with Crippen molar-refractivity contribution in [3.63, 3.8) is 0 Å². The molecule has 0 saturated carbocycles.